The standard InChI is InChI=1S/C24H24F4N4O/c1-2-15-3-7-17(8-4-15)20-12-21(24(26,27)28)32-23(31-20)18(14-30-32)11-22(33)29-13-16-5-9-19(25)10-6-16/h3-10,14,20-21,31H,2,11-13H2,1H3,(H,29,33)/t20-,21+/m1/s1. The molecule has 3 aromatic rings. The highest BCUT2D eigenvalue weighted by atomic mass is 19.4. The number of halogens is 4. The normalized spacial score (nSPS) is 17.8. The number of alkyl halides is 3. The molecule has 33 heavy (non-hydrogen) atoms. The van der Waals surface area contributed by atoms with E-state index in [9.17, 15) is 22.4 Å². The number of nitrogens with zero attached hydrogens (tertiary/aromatic N) is 2. The summed E-state index contributed by atoms with van der Waals surface area (Å²) in [7, 11) is 0. The van der Waals surface area contributed by atoms with Crippen molar-refractivity contribution < 1.29 is 22.4 Å². The zero-order valence-corrected chi connectivity index (χ0v) is 18.0. The van der Waals surface area contributed by atoms with Crippen LogP contribution in [0.15, 0.2) is 54.7 Å². The van der Waals surface area contributed by atoms with E-state index in [1.807, 2.05) is 31.2 Å². The van der Waals surface area contributed by atoms with Gasteiger partial charge in [-0.25, -0.2) is 9.07 Å². The Hall–Kier alpha value is -3.36. The summed E-state index contributed by atoms with van der Waals surface area (Å²) in [5.41, 5.74) is 2.95. The van der Waals surface area contributed by atoms with Crippen molar-refractivity contribution in [1.29, 1.82) is 0 Å². The molecule has 0 fully saturated rings. The lowest BCUT2D eigenvalue weighted by molar-refractivity contribution is -0.173. The molecule has 4 rings (SSSR count). The van der Waals surface area contributed by atoms with Crippen molar-refractivity contribution in [1.82, 2.24) is 15.1 Å². The predicted molar refractivity (Wildman–Crippen MR) is 116 cm³/mol. The maximum Gasteiger partial charge on any atom is 0.410 e. The molecule has 0 radical (unpaired) electrons. The Balaban J connectivity index is 1.53. The largest absolute Gasteiger partial charge is 0.410 e. The number of aryl methyl sites for hydroxylation is 1. The number of nitrogens with one attached hydrogen (secondary N) is 2. The number of carbonyl (C=O) groups is 1. The Bertz CT molecular complexity index is 1110. The molecule has 0 saturated heterocycles. The van der Waals surface area contributed by atoms with Crippen molar-refractivity contribution in [3.63, 3.8) is 0 Å². The number of benzene rings is 2. The van der Waals surface area contributed by atoms with E-state index in [1.165, 1.54) is 18.3 Å². The van der Waals surface area contributed by atoms with Gasteiger partial charge >= 0.3 is 6.18 Å². The van der Waals surface area contributed by atoms with Gasteiger partial charge in [-0.05, 0) is 35.2 Å². The highest BCUT2D eigenvalue weighted by Crippen LogP contribution is 2.44. The van der Waals surface area contributed by atoms with Crippen LogP contribution >= 0.6 is 0 Å². The summed E-state index contributed by atoms with van der Waals surface area (Å²) in [6, 6.07) is 10.9. The third-order valence-corrected chi connectivity index (χ3v) is 5.86. The lowest BCUT2D eigenvalue weighted by Gasteiger charge is -2.34. The van der Waals surface area contributed by atoms with Crippen LogP contribution in [0.4, 0.5) is 23.4 Å². The van der Waals surface area contributed by atoms with Gasteiger partial charge < -0.3 is 10.6 Å². The molecule has 1 aliphatic rings. The molecule has 0 unspecified atom stereocenters. The van der Waals surface area contributed by atoms with Crippen LogP contribution in [0.25, 0.3) is 0 Å². The van der Waals surface area contributed by atoms with Crippen LogP contribution in [0.2, 0.25) is 0 Å². The molecule has 0 bridgehead atoms. The minimum atomic E-state index is -4.48. The van der Waals surface area contributed by atoms with Gasteiger partial charge in [0.15, 0.2) is 6.04 Å². The molecule has 2 N–H and O–H groups in total. The summed E-state index contributed by atoms with van der Waals surface area (Å²) in [4.78, 5) is 12.5. The second-order valence-corrected chi connectivity index (χ2v) is 8.13. The lowest BCUT2D eigenvalue weighted by atomic mass is 9.95. The molecule has 1 aromatic heterocycles. The van der Waals surface area contributed by atoms with Crippen molar-refractivity contribution in [2.24, 2.45) is 0 Å². The number of carbonyl (C=O) groups excluding carboxylic acids is 1. The minimum Gasteiger partial charge on any atom is -0.363 e. The monoisotopic (exact) mass is 460 g/mol. The van der Waals surface area contributed by atoms with Crippen molar-refractivity contribution >= 4 is 11.7 Å². The molecule has 1 aliphatic heterocycles. The van der Waals surface area contributed by atoms with Gasteiger partial charge in [0.2, 0.25) is 5.91 Å². The van der Waals surface area contributed by atoms with E-state index < -0.39 is 18.3 Å². The first-order chi connectivity index (χ1) is 15.7. The van der Waals surface area contributed by atoms with Gasteiger partial charge in [-0.2, -0.15) is 18.3 Å². The summed E-state index contributed by atoms with van der Waals surface area (Å²) in [5.74, 6) is -0.541. The first-order valence-corrected chi connectivity index (χ1v) is 10.7. The van der Waals surface area contributed by atoms with E-state index in [2.05, 4.69) is 15.7 Å². The molecule has 2 atom stereocenters. The van der Waals surface area contributed by atoms with Gasteiger partial charge in [0.05, 0.1) is 18.7 Å². The number of amides is 1. The molecule has 0 aliphatic carbocycles. The fourth-order valence-electron chi connectivity index (χ4n) is 3.99. The predicted octanol–water partition coefficient (Wildman–Crippen LogP) is 5.10. The SMILES string of the molecule is CCc1ccc([C@H]2C[C@@H](C(F)(F)F)n3ncc(CC(=O)NCc4ccc(F)cc4)c3N2)cc1. The second-order valence-electron chi connectivity index (χ2n) is 8.13. The van der Waals surface area contributed by atoms with E-state index in [0.717, 1.165) is 22.2 Å². The highest BCUT2D eigenvalue weighted by Gasteiger charge is 2.46. The number of hydrogen-bond donors (Lipinski definition) is 2. The molecular weight excluding hydrogens is 436 g/mol. The molecule has 0 spiro atoms. The van der Waals surface area contributed by atoms with E-state index in [-0.39, 0.29) is 36.9 Å². The summed E-state index contributed by atoms with van der Waals surface area (Å²) < 4.78 is 55.5. The van der Waals surface area contributed by atoms with Crippen molar-refractivity contribution in [2.45, 2.75) is 51.0 Å². The zero-order valence-electron chi connectivity index (χ0n) is 18.0. The van der Waals surface area contributed by atoms with Crippen molar-refractivity contribution in [2.75, 3.05) is 5.32 Å². The molecule has 9 heteroatoms. The number of fused-ring (bicyclic) bond motifs is 1. The van der Waals surface area contributed by atoms with E-state index in [4.69, 9.17) is 0 Å². The number of hydrogen-bond acceptors (Lipinski definition) is 3. The second kappa shape index (κ2) is 9.25. The Morgan fingerprint density at radius 1 is 1.12 bits per heavy atom. The highest BCUT2D eigenvalue weighted by molar-refractivity contribution is 5.80. The van der Waals surface area contributed by atoms with Crippen LogP contribution in [-0.2, 0) is 24.2 Å². The van der Waals surface area contributed by atoms with E-state index in [0.29, 0.717) is 11.1 Å². The molecule has 174 valence electrons. The van der Waals surface area contributed by atoms with Gasteiger partial charge in [-0.1, -0.05) is 43.3 Å². The Morgan fingerprint density at radius 3 is 2.42 bits per heavy atom. The van der Waals surface area contributed by atoms with Gasteiger partial charge in [-0.15, -0.1) is 0 Å². The summed E-state index contributed by atoms with van der Waals surface area (Å²) in [6.45, 7) is 2.20. The van der Waals surface area contributed by atoms with Gasteiger partial charge in [0, 0.05) is 18.5 Å². The van der Waals surface area contributed by atoms with E-state index in [1.54, 1.807) is 12.1 Å². The molecule has 0 saturated carbocycles. The van der Waals surface area contributed by atoms with Crippen LogP contribution in [0, 0.1) is 5.82 Å². The fourth-order valence-corrected chi connectivity index (χ4v) is 3.99. The third kappa shape index (κ3) is 5.18. The summed E-state index contributed by atoms with van der Waals surface area (Å²) in [5, 5.41) is 9.83. The van der Waals surface area contributed by atoms with Crippen LogP contribution in [-0.4, -0.2) is 21.9 Å². The van der Waals surface area contributed by atoms with Crippen LogP contribution in [0.1, 0.15) is 47.7 Å². The summed E-state index contributed by atoms with van der Waals surface area (Å²) in [6.07, 6.45) is -2.66. The molecule has 1 amide bonds. The topological polar surface area (TPSA) is 59.0 Å². The first kappa shape index (κ1) is 22.8. The smallest absolute Gasteiger partial charge is 0.363 e. The average molecular weight is 460 g/mol. The average Bonchev–Trinajstić information content (AvgIpc) is 3.20. The maximum absolute atomic E-state index is 13.8. The number of aromatic nitrogens is 2. The Labute approximate surface area is 188 Å². The first-order valence-electron chi connectivity index (χ1n) is 10.7. The lowest BCUT2D eigenvalue weighted by Crippen LogP contribution is -2.36. The molecule has 5 nitrogen and oxygen atoms in total. The van der Waals surface area contributed by atoms with E-state index >= 15 is 0 Å². The molecular formula is C24H24F4N4O. The van der Waals surface area contributed by atoms with Crippen molar-refractivity contribution in [3.8, 4) is 0 Å². The summed E-state index contributed by atoms with van der Waals surface area (Å²) >= 11 is 0. The van der Waals surface area contributed by atoms with Crippen LogP contribution in [0.3, 0.4) is 0 Å². The number of rotatable bonds is 6. The number of anilines is 1. The van der Waals surface area contributed by atoms with Crippen molar-refractivity contribution in [3.05, 3.63) is 82.8 Å². The quantitative estimate of drug-likeness (QED) is 0.503. The Kier molecular flexibility index (Phi) is 6.40. The van der Waals surface area contributed by atoms with Crippen LogP contribution in [0.5, 0.6) is 0 Å². The maximum atomic E-state index is 13.8. The zero-order chi connectivity index (χ0) is 23.6. The van der Waals surface area contributed by atoms with Gasteiger partial charge in [0.1, 0.15) is 11.6 Å². The molecule has 2 aromatic carbocycles. The molecule has 2 heterocycles. The third-order valence-electron chi connectivity index (χ3n) is 5.86. The van der Waals surface area contributed by atoms with Gasteiger partial charge in [-0.3, -0.25) is 4.79 Å². The minimum absolute atomic E-state index is 0.129. The fraction of sp³-hybridized carbons (Fsp3) is 0.333. The Morgan fingerprint density at radius 2 is 1.79 bits per heavy atom. The van der Waals surface area contributed by atoms with Gasteiger partial charge in [0.25, 0.3) is 0 Å². The van der Waals surface area contributed by atoms with Crippen LogP contribution < -0.4 is 10.6 Å².